The van der Waals surface area contributed by atoms with Gasteiger partial charge in [-0.25, -0.2) is 0 Å². The monoisotopic (exact) mass is 125 g/mol. The van der Waals surface area contributed by atoms with Crippen molar-refractivity contribution < 1.29 is 0 Å². The lowest BCUT2D eigenvalue weighted by Crippen LogP contribution is -2.31. The van der Waals surface area contributed by atoms with Crippen molar-refractivity contribution in [2.45, 2.75) is 13.0 Å². The summed E-state index contributed by atoms with van der Waals surface area (Å²) in [7, 11) is 1.92. The molecule has 0 aromatic heterocycles. The first-order valence-corrected chi connectivity index (χ1v) is 2.97. The molecule has 0 bridgehead atoms. The molecule has 3 nitrogen and oxygen atoms in total. The van der Waals surface area contributed by atoms with Crippen molar-refractivity contribution in [2.24, 2.45) is 5.10 Å². The fraction of sp³-hybridized carbons (Fsp3) is 0.500. The third-order valence-corrected chi connectivity index (χ3v) is 1.39. The Labute approximate surface area is 54.8 Å². The van der Waals surface area contributed by atoms with Crippen LogP contribution in [0.5, 0.6) is 0 Å². The molecule has 1 unspecified atom stereocenters. The number of hydrogen-bond donors (Lipinski definition) is 2. The maximum atomic E-state index is 3.87. The minimum atomic E-state index is 0.311. The molecule has 9 heavy (non-hydrogen) atoms. The Bertz CT molecular complexity index is 148. The highest BCUT2D eigenvalue weighted by molar-refractivity contribution is 5.69. The van der Waals surface area contributed by atoms with Crippen molar-refractivity contribution >= 4 is 6.21 Å². The lowest BCUT2D eigenvalue weighted by Gasteiger charge is -2.14. The van der Waals surface area contributed by atoms with E-state index in [9.17, 15) is 0 Å². The summed E-state index contributed by atoms with van der Waals surface area (Å²) < 4.78 is 0. The molecule has 0 saturated carbocycles. The van der Waals surface area contributed by atoms with Crippen molar-refractivity contribution in [1.29, 1.82) is 0 Å². The lowest BCUT2D eigenvalue weighted by atomic mass is 10.1. The Morgan fingerprint density at radius 1 is 1.78 bits per heavy atom. The summed E-state index contributed by atoms with van der Waals surface area (Å²) in [5, 5.41) is 6.96. The van der Waals surface area contributed by atoms with E-state index in [0.717, 1.165) is 0 Å². The SMILES string of the molecule is CNC1C=NNC=C1C. The van der Waals surface area contributed by atoms with E-state index in [4.69, 9.17) is 0 Å². The lowest BCUT2D eigenvalue weighted by molar-refractivity contribution is 0.753. The summed E-state index contributed by atoms with van der Waals surface area (Å²) in [4.78, 5) is 0. The van der Waals surface area contributed by atoms with Crippen LogP contribution in [-0.2, 0) is 0 Å². The van der Waals surface area contributed by atoms with Crippen molar-refractivity contribution in [3.63, 3.8) is 0 Å². The van der Waals surface area contributed by atoms with E-state index in [0.29, 0.717) is 6.04 Å². The summed E-state index contributed by atoms with van der Waals surface area (Å²) >= 11 is 0. The normalized spacial score (nSPS) is 25.1. The van der Waals surface area contributed by atoms with Crippen LogP contribution < -0.4 is 10.7 Å². The van der Waals surface area contributed by atoms with Gasteiger partial charge in [-0.3, -0.25) is 5.43 Å². The molecule has 0 fully saturated rings. The molecule has 0 aromatic carbocycles. The second-order valence-electron chi connectivity index (χ2n) is 2.06. The van der Waals surface area contributed by atoms with Crippen LogP contribution in [-0.4, -0.2) is 19.3 Å². The van der Waals surface area contributed by atoms with Gasteiger partial charge in [-0.05, 0) is 19.5 Å². The van der Waals surface area contributed by atoms with Crippen molar-refractivity contribution in [3.8, 4) is 0 Å². The predicted octanol–water partition coefficient (Wildman–Crippen LogP) is 0.0672. The Morgan fingerprint density at radius 3 is 3.00 bits per heavy atom. The van der Waals surface area contributed by atoms with Gasteiger partial charge in [0.25, 0.3) is 0 Å². The highest BCUT2D eigenvalue weighted by atomic mass is 15.3. The van der Waals surface area contributed by atoms with Gasteiger partial charge < -0.3 is 5.32 Å². The first-order valence-electron chi connectivity index (χ1n) is 2.97. The van der Waals surface area contributed by atoms with E-state index in [2.05, 4.69) is 22.8 Å². The maximum Gasteiger partial charge on any atom is 0.0670 e. The Hall–Kier alpha value is -0.830. The van der Waals surface area contributed by atoms with E-state index in [1.807, 2.05) is 19.5 Å². The van der Waals surface area contributed by atoms with E-state index in [1.54, 1.807) is 0 Å². The van der Waals surface area contributed by atoms with Gasteiger partial charge in [0.2, 0.25) is 0 Å². The molecule has 1 aliphatic rings. The van der Waals surface area contributed by atoms with Gasteiger partial charge in [-0.2, -0.15) is 5.10 Å². The summed E-state index contributed by atoms with van der Waals surface area (Å²) in [5.74, 6) is 0. The van der Waals surface area contributed by atoms with E-state index < -0.39 is 0 Å². The van der Waals surface area contributed by atoms with Crippen LogP contribution in [0, 0.1) is 0 Å². The van der Waals surface area contributed by atoms with Gasteiger partial charge in [-0.15, -0.1) is 0 Å². The van der Waals surface area contributed by atoms with Crippen molar-refractivity contribution in [3.05, 3.63) is 11.8 Å². The van der Waals surface area contributed by atoms with Gasteiger partial charge in [0.05, 0.1) is 6.04 Å². The first kappa shape index (κ1) is 6.29. The van der Waals surface area contributed by atoms with Crippen molar-refractivity contribution in [1.82, 2.24) is 10.7 Å². The topological polar surface area (TPSA) is 36.4 Å². The zero-order valence-electron chi connectivity index (χ0n) is 5.68. The van der Waals surface area contributed by atoms with Crippen LogP contribution >= 0.6 is 0 Å². The third kappa shape index (κ3) is 1.29. The Kier molecular flexibility index (Phi) is 1.85. The molecule has 50 valence electrons. The van der Waals surface area contributed by atoms with Crippen LogP contribution in [0.4, 0.5) is 0 Å². The number of rotatable bonds is 1. The van der Waals surface area contributed by atoms with E-state index in [1.165, 1.54) is 5.57 Å². The minimum Gasteiger partial charge on any atom is -0.309 e. The minimum absolute atomic E-state index is 0.311. The molecule has 2 N–H and O–H groups in total. The zero-order chi connectivity index (χ0) is 6.69. The Balaban J connectivity index is 2.59. The number of hydrogen-bond acceptors (Lipinski definition) is 3. The summed E-state index contributed by atoms with van der Waals surface area (Å²) in [6.07, 6.45) is 3.73. The predicted molar refractivity (Wildman–Crippen MR) is 38.2 cm³/mol. The van der Waals surface area contributed by atoms with Crippen LogP contribution in [0.15, 0.2) is 16.9 Å². The largest absolute Gasteiger partial charge is 0.309 e. The second kappa shape index (κ2) is 2.64. The first-order chi connectivity index (χ1) is 4.34. The summed E-state index contributed by atoms with van der Waals surface area (Å²) in [5.41, 5.74) is 4.02. The van der Waals surface area contributed by atoms with Gasteiger partial charge >= 0.3 is 0 Å². The van der Waals surface area contributed by atoms with Gasteiger partial charge in [0.15, 0.2) is 0 Å². The molecule has 0 radical (unpaired) electrons. The van der Waals surface area contributed by atoms with Crippen molar-refractivity contribution in [2.75, 3.05) is 7.05 Å². The van der Waals surface area contributed by atoms with Crippen LogP contribution in [0.25, 0.3) is 0 Å². The molecule has 1 atom stereocenters. The van der Waals surface area contributed by atoms with Gasteiger partial charge in [0.1, 0.15) is 0 Å². The second-order valence-corrected chi connectivity index (χ2v) is 2.06. The van der Waals surface area contributed by atoms with E-state index in [-0.39, 0.29) is 0 Å². The summed E-state index contributed by atoms with van der Waals surface area (Å²) in [6.45, 7) is 2.05. The van der Waals surface area contributed by atoms with Crippen LogP contribution in [0.1, 0.15) is 6.92 Å². The molecule has 1 heterocycles. The average Bonchev–Trinajstić information content (AvgIpc) is 1.89. The molecule has 0 saturated heterocycles. The summed E-state index contributed by atoms with van der Waals surface area (Å²) in [6, 6.07) is 0.311. The zero-order valence-corrected chi connectivity index (χ0v) is 5.68. The molecule has 0 amide bonds. The van der Waals surface area contributed by atoms with E-state index >= 15 is 0 Å². The molecule has 3 heteroatoms. The third-order valence-electron chi connectivity index (χ3n) is 1.39. The van der Waals surface area contributed by atoms with Gasteiger partial charge in [-0.1, -0.05) is 0 Å². The number of hydrazone groups is 1. The quantitative estimate of drug-likeness (QED) is 0.520. The van der Waals surface area contributed by atoms with Gasteiger partial charge in [0, 0.05) is 12.4 Å². The smallest absolute Gasteiger partial charge is 0.0670 e. The molecule has 0 aliphatic carbocycles. The van der Waals surface area contributed by atoms with Crippen LogP contribution in [0.3, 0.4) is 0 Å². The molecule has 0 spiro atoms. The Morgan fingerprint density at radius 2 is 2.56 bits per heavy atom. The number of likely N-dealkylation sites (N-methyl/N-ethyl adjacent to an activating group) is 1. The van der Waals surface area contributed by atoms with Crippen LogP contribution in [0.2, 0.25) is 0 Å². The molecule has 1 rings (SSSR count). The average molecular weight is 125 g/mol. The molecule has 1 aliphatic heterocycles. The molecule has 0 aromatic rings. The number of nitrogens with one attached hydrogen (secondary N) is 2. The standard InChI is InChI=1S/C6H11N3/c1-5-3-8-9-4-6(5)7-2/h3-4,6-8H,1-2H3. The maximum absolute atomic E-state index is 3.87. The fourth-order valence-electron chi connectivity index (χ4n) is 0.766. The highest BCUT2D eigenvalue weighted by Crippen LogP contribution is 1.99. The number of nitrogens with zero attached hydrogens (tertiary/aromatic N) is 1. The molecular weight excluding hydrogens is 114 g/mol. The fourth-order valence-corrected chi connectivity index (χ4v) is 0.766. The molecular formula is C6H11N3. The highest BCUT2D eigenvalue weighted by Gasteiger charge is 2.05.